The Morgan fingerprint density at radius 2 is 2.21 bits per heavy atom. The minimum absolute atomic E-state index is 0.0301. The van der Waals surface area contributed by atoms with Gasteiger partial charge in [0, 0.05) is 19.6 Å². The first-order valence-electron chi connectivity index (χ1n) is 5.15. The third-order valence-corrected chi connectivity index (χ3v) is 2.70. The first kappa shape index (κ1) is 11.5. The molecule has 0 aromatic carbocycles. The Hall–Kier alpha value is -0.610. The van der Waals surface area contributed by atoms with Crippen LogP contribution in [0.5, 0.6) is 0 Å². The van der Waals surface area contributed by atoms with Crippen molar-refractivity contribution in [3.8, 4) is 0 Å². The standard InChI is InChI=1S/C10H20N2O2/c1-7(2)12(4)10(13)9-8(3)14-6-5-11-9/h7-9,11H,5-6H2,1-4H3/t8-,9+/m1/s1. The lowest BCUT2D eigenvalue weighted by Gasteiger charge is -2.33. The van der Waals surface area contributed by atoms with Crippen LogP contribution in [0.25, 0.3) is 0 Å². The van der Waals surface area contributed by atoms with Gasteiger partial charge in [-0.3, -0.25) is 4.79 Å². The summed E-state index contributed by atoms with van der Waals surface area (Å²) in [7, 11) is 1.83. The average Bonchev–Trinajstić information content (AvgIpc) is 2.16. The molecule has 1 amide bonds. The van der Waals surface area contributed by atoms with Gasteiger partial charge in [0.1, 0.15) is 6.04 Å². The Kier molecular flexibility index (Phi) is 3.89. The van der Waals surface area contributed by atoms with Crippen LogP contribution in [-0.2, 0) is 9.53 Å². The molecule has 2 atom stereocenters. The maximum Gasteiger partial charge on any atom is 0.242 e. The number of nitrogens with zero attached hydrogens (tertiary/aromatic N) is 1. The molecule has 0 aromatic heterocycles. The number of ether oxygens (including phenoxy) is 1. The summed E-state index contributed by atoms with van der Waals surface area (Å²) < 4.78 is 5.43. The molecule has 1 saturated heterocycles. The molecular formula is C10H20N2O2. The maximum atomic E-state index is 11.9. The summed E-state index contributed by atoms with van der Waals surface area (Å²) in [6, 6.07) is 0.0505. The van der Waals surface area contributed by atoms with E-state index in [9.17, 15) is 4.79 Å². The topological polar surface area (TPSA) is 41.6 Å². The molecule has 0 unspecified atom stereocenters. The van der Waals surface area contributed by atoms with Crippen LogP contribution in [0.2, 0.25) is 0 Å². The quantitative estimate of drug-likeness (QED) is 0.694. The molecule has 0 aliphatic carbocycles. The normalized spacial score (nSPS) is 27.8. The van der Waals surface area contributed by atoms with Crippen LogP contribution in [0.15, 0.2) is 0 Å². The van der Waals surface area contributed by atoms with E-state index in [0.717, 1.165) is 6.54 Å². The summed E-state index contributed by atoms with van der Waals surface area (Å²) >= 11 is 0. The summed E-state index contributed by atoms with van der Waals surface area (Å²) in [5.74, 6) is 0.118. The van der Waals surface area contributed by atoms with Crippen molar-refractivity contribution in [2.45, 2.75) is 39.0 Å². The van der Waals surface area contributed by atoms with Crippen LogP contribution in [0.4, 0.5) is 0 Å². The van der Waals surface area contributed by atoms with E-state index in [1.54, 1.807) is 4.90 Å². The molecule has 82 valence electrons. The number of amides is 1. The maximum absolute atomic E-state index is 11.9. The van der Waals surface area contributed by atoms with Gasteiger partial charge in [-0.2, -0.15) is 0 Å². The second-order valence-corrected chi connectivity index (χ2v) is 4.05. The molecule has 4 nitrogen and oxygen atoms in total. The van der Waals surface area contributed by atoms with Crippen molar-refractivity contribution < 1.29 is 9.53 Å². The van der Waals surface area contributed by atoms with E-state index < -0.39 is 0 Å². The number of morpholine rings is 1. The predicted molar refractivity (Wildman–Crippen MR) is 55.1 cm³/mol. The minimum Gasteiger partial charge on any atom is -0.375 e. The number of hydrogen-bond donors (Lipinski definition) is 1. The summed E-state index contributed by atoms with van der Waals surface area (Å²) in [6.07, 6.45) is -0.0301. The van der Waals surface area contributed by atoms with Crippen molar-refractivity contribution >= 4 is 5.91 Å². The van der Waals surface area contributed by atoms with Crippen LogP contribution in [0.1, 0.15) is 20.8 Å². The number of carbonyl (C=O) groups is 1. The fraction of sp³-hybridized carbons (Fsp3) is 0.900. The Morgan fingerprint density at radius 3 is 2.71 bits per heavy atom. The third kappa shape index (κ3) is 2.45. The number of hydrogen-bond acceptors (Lipinski definition) is 3. The molecule has 0 aromatic rings. The number of carbonyl (C=O) groups excluding carboxylic acids is 1. The van der Waals surface area contributed by atoms with E-state index in [0.29, 0.717) is 6.61 Å². The van der Waals surface area contributed by atoms with Gasteiger partial charge in [-0.15, -0.1) is 0 Å². The highest BCUT2D eigenvalue weighted by molar-refractivity contribution is 5.82. The molecule has 0 bridgehead atoms. The van der Waals surface area contributed by atoms with Crippen LogP contribution in [-0.4, -0.2) is 49.2 Å². The predicted octanol–water partition coefficient (Wildman–Crippen LogP) is 0.230. The van der Waals surface area contributed by atoms with Crippen LogP contribution in [0, 0.1) is 0 Å². The van der Waals surface area contributed by atoms with Gasteiger partial charge in [0.05, 0.1) is 12.7 Å². The van der Waals surface area contributed by atoms with E-state index in [1.807, 2.05) is 27.8 Å². The smallest absolute Gasteiger partial charge is 0.242 e. The summed E-state index contributed by atoms with van der Waals surface area (Å²) in [5.41, 5.74) is 0. The Bertz CT molecular complexity index is 206. The monoisotopic (exact) mass is 200 g/mol. The summed E-state index contributed by atoms with van der Waals surface area (Å²) in [5, 5.41) is 3.19. The SMILES string of the molecule is CC(C)N(C)C(=O)[C@H]1NCCO[C@@H]1C. The highest BCUT2D eigenvalue weighted by atomic mass is 16.5. The molecular weight excluding hydrogens is 180 g/mol. The lowest BCUT2D eigenvalue weighted by Crippen LogP contribution is -2.56. The third-order valence-electron chi connectivity index (χ3n) is 2.70. The summed E-state index contributed by atoms with van der Waals surface area (Å²) in [6.45, 7) is 7.39. The minimum atomic E-state index is -0.184. The molecule has 1 aliphatic heterocycles. The fourth-order valence-corrected chi connectivity index (χ4v) is 1.48. The van der Waals surface area contributed by atoms with Crippen LogP contribution >= 0.6 is 0 Å². The van der Waals surface area contributed by atoms with Crippen molar-refractivity contribution in [2.75, 3.05) is 20.2 Å². The van der Waals surface area contributed by atoms with Gasteiger partial charge in [-0.05, 0) is 20.8 Å². The van der Waals surface area contributed by atoms with Gasteiger partial charge in [0.2, 0.25) is 5.91 Å². The van der Waals surface area contributed by atoms with E-state index >= 15 is 0 Å². The van der Waals surface area contributed by atoms with Crippen molar-refractivity contribution in [3.05, 3.63) is 0 Å². The second-order valence-electron chi connectivity index (χ2n) is 4.05. The average molecular weight is 200 g/mol. The van der Waals surface area contributed by atoms with Gasteiger partial charge in [0.25, 0.3) is 0 Å². The number of nitrogens with one attached hydrogen (secondary N) is 1. The lowest BCUT2D eigenvalue weighted by atomic mass is 10.1. The zero-order valence-electron chi connectivity index (χ0n) is 9.41. The van der Waals surface area contributed by atoms with Crippen molar-refractivity contribution in [1.29, 1.82) is 0 Å². The second kappa shape index (κ2) is 4.75. The highest BCUT2D eigenvalue weighted by Gasteiger charge is 2.31. The summed E-state index contributed by atoms with van der Waals surface area (Å²) in [4.78, 5) is 13.7. The number of rotatable bonds is 2. The van der Waals surface area contributed by atoms with Crippen molar-refractivity contribution in [2.24, 2.45) is 0 Å². The Morgan fingerprint density at radius 1 is 1.57 bits per heavy atom. The molecule has 14 heavy (non-hydrogen) atoms. The zero-order chi connectivity index (χ0) is 10.7. The molecule has 1 fully saturated rings. The van der Waals surface area contributed by atoms with Crippen LogP contribution < -0.4 is 5.32 Å². The van der Waals surface area contributed by atoms with Gasteiger partial charge in [-0.25, -0.2) is 0 Å². The zero-order valence-corrected chi connectivity index (χ0v) is 9.41. The van der Waals surface area contributed by atoms with Gasteiger partial charge in [-0.1, -0.05) is 0 Å². The van der Waals surface area contributed by atoms with Gasteiger partial charge >= 0.3 is 0 Å². The Balaban J connectivity index is 2.58. The van der Waals surface area contributed by atoms with E-state index in [4.69, 9.17) is 4.74 Å². The largest absolute Gasteiger partial charge is 0.375 e. The molecule has 1 heterocycles. The molecule has 0 spiro atoms. The molecule has 1 rings (SSSR count). The molecule has 1 aliphatic rings. The van der Waals surface area contributed by atoms with Crippen molar-refractivity contribution in [3.63, 3.8) is 0 Å². The molecule has 0 saturated carbocycles. The molecule has 0 radical (unpaired) electrons. The van der Waals surface area contributed by atoms with Crippen LogP contribution in [0.3, 0.4) is 0 Å². The Labute approximate surface area is 85.6 Å². The van der Waals surface area contributed by atoms with E-state index in [2.05, 4.69) is 5.32 Å². The molecule has 4 heteroatoms. The first-order valence-corrected chi connectivity index (χ1v) is 5.15. The highest BCUT2D eigenvalue weighted by Crippen LogP contribution is 2.08. The van der Waals surface area contributed by atoms with Crippen molar-refractivity contribution in [1.82, 2.24) is 10.2 Å². The number of likely N-dealkylation sites (N-methyl/N-ethyl adjacent to an activating group) is 1. The molecule has 1 N–H and O–H groups in total. The lowest BCUT2D eigenvalue weighted by molar-refractivity contribution is -0.139. The van der Waals surface area contributed by atoms with Gasteiger partial charge in [0.15, 0.2) is 0 Å². The van der Waals surface area contributed by atoms with E-state index in [1.165, 1.54) is 0 Å². The fourth-order valence-electron chi connectivity index (χ4n) is 1.48. The van der Waals surface area contributed by atoms with E-state index in [-0.39, 0.29) is 24.1 Å². The first-order chi connectivity index (χ1) is 6.54. The van der Waals surface area contributed by atoms with Gasteiger partial charge < -0.3 is 15.0 Å².